The van der Waals surface area contributed by atoms with Gasteiger partial charge in [-0.05, 0) is 83.9 Å². The van der Waals surface area contributed by atoms with E-state index in [4.69, 9.17) is 14.0 Å². The highest BCUT2D eigenvalue weighted by Gasteiger charge is 2.18. The van der Waals surface area contributed by atoms with E-state index in [0.29, 0.717) is 5.56 Å². The van der Waals surface area contributed by atoms with Gasteiger partial charge in [-0.25, -0.2) is 0 Å². The van der Waals surface area contributed by atoms with Crippen LogP contribution in [0.25, 0.3) is 87.6 Å². The number of hydrogen-bond donors (Lipinski definition) is 0. The van der Waals surface area contributed by atoms with Crippen LogP contribution in [-0.4, -0.2) is 0 Å². The van der Waals surface area contributed by atoms with Crippen LogP contribution in [0.1, 0.15) is 9.60 Å². The molecule has 1 heterocycles. The molecule has 1 nitrogen and oxygen atoms in total. The average Bonchev–Trinajstić information content (AvgIpc) is 3.52. The molecule has 9 rings (SSSR count). The van der Waals surface area contributed by atoms with Crippen molar-refractivity contribution in [3.63, 3.8) is 0 Å². The molecule has 43 heavy (non-hydrogen) atoms. The van der Waals surface area contributed by atoms with E-state index in [-0.39, 0.29) is 46.5 Å². The van der Waals surface area contributed by atoms with Gasteiger partial charge in [-0.2, -0.15) is 0 Å². The largest absolute Gasteiger partial charge is 0.456 e. The normalized spacial score (nSPS) is 14.0. The van der Waals surface area contributed by atoms with E-state index in [2.05, 4.69) is 48.5 Å². The van der Waals surface area contributed by atoms with Crippen LogP contribution in [0.15, 0.2) is 162 Å². The summed E-state index contributed by atoms with van der Waals surface area (Å²) in [5.74, 6) is 0. The lowest BCUT2D eigenvalue weighted by Gasteiger charge is -2.19. The van der Waals surface area contributed by atoms with Gasteiger partial charge in [0.1, 0.15) is 11.2 Å². The number of fused-ring (bicyclic) bond motifs is 6. The van der Waals surface area contributed by atoms with Crippen LogP contribution >= 0.6 is 0 Å². The molecule has 0 amide bonds. The fraction of sp³-hybridized carbons (Fsp3) is 0. The molecule has 1 aromatic heterocycles. The molecular formula is C42H26O. The molecule has 0 radical (unpaired) electrons. The SMILES string of the molecule is [2H]c1c([2H])c([2H])c2c(-c3c4ccccc4c(-c4ccc(-c5ccc6c(c5)oc5ccccc56)cc4)c4ccccc34)c([2H])c([2H])c([2H])c2c1[2H]. The van der Waals surface area contributed by atoms with Crippen molar-refractivity contribution in [1.29, 1.82) is 0 Å². The fourth-order valence-electron chi connectivity index (χ4n) is 6.44. The Morgan fingerprint density at radius 1 is 0.395 bits per heavy atom. The van der Waals surface area contributed by atoms with Gasteiger partial charge < -0.3 is 4.42 Å². The Labute approximate surface area is 259 Å². The molecule has 0 saturated heterocycles. The van der Waals surface area contributed by atoms with Gasteiger partial charge in [-0.1, -0.05) is 139 Å². The number of furan rings is 1. The monoisotopic (exact) mass is 553 g/mol. The van der Waals surface area contributed by atoms with Crippen LogP contribution in [0.2, 0.25) is 0 Å². The van der Waals surface area contributed by atoms with Gasteiger partial charge in [0.15, 0.2) is 0 Å². The molecule has 0 fully saturated rings. The topological polar surface area (TPSA) is 13.1 Å². The predicted octanol–water partition coefficient (Wildman–Crippen LogP) is 12.0. The Hall–Kier alpha value is -5.66. The molecule has 0 spiro atoms. The van der Waals surface area contributed by atoms with Crippen LogP contribution in [0, 0.1) is 0 Å². The molecule has 0 bridgehead atoms. The highest BCUT2D eigenvalue weighted by Crippen LogP contribution is 2.45. The lowest BCUT2D eigenvalue weighted by atomic mass is 9.84. The molecule has 8 aromatic carbocycles. The highest BCUT2D eigenvalue weighted by molar-refractivity contribution is 6.23. The summed E-state index contributed by atoms with van der Waals surface area (Å²) in [7, 11) is 0. The van der Waals surface area contributed by atoms with E-state index in [9.17, 15) is 0 Å². The second-order valence-corrected chi connectivity index (χ2v) is 10.7. The smallest absolute Gasteiger partial charge is 0.136 e. The van der Waals surface area contributed by atoms with E-state index in [0.717, 1.165) is 65.7 Å². The average molecular weight is 554 g/mol. The molecule has 0 aliphatic heterocycles. The summed E-state index contributed by atoms with van der Waals surface area (Å²) in [6, 6.07) is 35.7. The zero-order valence-corrected chi connectivity index (χ0v) is 22.9. The summed E-state index contributed by atoms with van der Waals surface area (Å²) in [6.07, 6.45) is 0. The van der Waals surface area contributed by atoms with Crippen LogP contribution in [0.3, 0.4) is 0 Å². The molecule has 0 unspecified atom stereocenters. The van der Waals surface area contributed by atoms with E-state index >= 15 is 0 Å². The van der Waals surface area contributed by atoms with E-state index in [1.165, 1.54) is 0 Å². The van der Waals surface area contributed by atoms with Crippen molar-refractivity contribution >= 4 is 54.3 Å². The third kappa shape index (κ3) is 3.72. The first-order chi connectivity index (χ1) is 24.2. The Kier molecular flexibility index (Phi) is 3.95. The first kappa shape index (κ1) is 18.0. The van der Waals surface area contributed by atoms with Crippen molar-refractivity contribution in [2.24, 2.45) is 0 Å². The molecule has 0 saturated carbocycles. The zero-order chi connectivity index (χ0) is 34.4. The summed E-state index contributed by atoms with van der Waals surface area (Å²) in [6.45, 7) is 0. The van der Waals surface area contributed by atoms with Gasteiger partial charge in [0.05, 0.1) is 9.60 Å². The predicted molar refractivity (Wildman–Crippen MR) is 183 cm³/mol. The minimum absolute atomic E-state index is 0.0549. The van der Waals surface area contributed by atoms with Crippen molar-refractivity contribution in [3.05, 3.63) is 158 Å². The molecule has 0 N–H and O–H groups in total. The molecule has 1 heteroatoms. The summed E-state index contributed by atoms with van der Waals surface area (Å²) in [5, 5.41) is 5.54. The highest BCUT2D eigenvalue weighted by atomic mass is 16.3. The standard InChI is InChI=1S/C42H26O/c1-2-12-31-28(10-1)11-9-18-34(31)42-37-16-5-3-14-35(37)41(36-15-4-6-17-38(36)42)29-22-20-27(21-23-29)30-24-25-33-32-13-7-8-19-39(32)43-40(33)26-30/h1-26H/i1D,2D,9D,10D,11D,12D,18D. The molecular weight excluding hydrogens is 520 g/mol. The third-order valence-electron chi connectivity index (χ3n) is 8.38. The lowest BCUT2D eigenvalue weighted by molar-refractivity contribution is 0.669. The van der Waals surface area contributed by atoms with Crippen molar-refractivity contribution < 1.29 is 14.0 Å². The first-order valence-corrected chi connectivity index (χ1v) is 14.2. The van der Waals surface area contributed by atoms with E-state index in [1.807, 2.05) is 66.7 Å². The molecule has 0 aliphatic rings. The number of benzene rings is 8. The van der Waals surface area contributed by atoms with Crippen molar-refractivity contribution in [1.82, 2.24) is 0 Å². The van der Waals surface area contributed by atoms with Crippen molar-refractivity contribution in [3.8, 4) is 33.4 Å². The van der Waals surface area contributed by atoms with Crippen molar-refractivity contribution in [2.45, 2.75) is 0 Å². The molecule has 9 aromatic rings. The summed E-state index contributed by atoms with van der Waals surface area (Å²) in [5.41, 5.74) is 6.57. The van der Waals surface area contributed by atoms with Crippen LogP contribution < -0.4 is 0 Å². The maximum Gasteiger partial charge on any atom is 0.136 e. The Morgan fingerprint density at radius 2 is 0.953 bits per heavy atom. The van der Waals surface area contributed by atoms with Gasteiger partial charge in [0.2, 0.25) is 0 Å². The number of rotatable bonds is 3. The van der Waals surface area contributed by atoms with Gasteiger partial charge >= 0.3 is 0 Å². The Morgan fingerprint density at radius 3 is 1.70 bits per heavy atom. The summed E-state index contributed by atoms with van der Waals surface area (Å²) >= 11 is 0. The molecule has 0 atom stereocenters. The minimum Gasteiger partial charge on any atom is -0.456 e. The van der Waals surface area contributed by atoms with Crippen LogP contribution in [-0.2, 0) is 0 Å². The van der Waals surface area contributed by atoms with Crippen molar-refractivity contribution in [2.75, 3.05) is 0 Å². The first-order valence-electron chi connectivity index (χ1n) is 17.7. The van der Waals surface area contributed by atoms with Crippen LogP contribution in [0.5, 0.6) is 0 Å². The second-order valence-electron chi connectivity index (χ2n) is 10.7. The van der Waals surface area contributed by atoms with Crippen LogP contribution in [0.4, 0.5) is 0 Å². The van der Waals surface area contributed by atoms with E-state index in [1.54, 1.807) is 0 Å². The maximum atomic E-state index is 9.14. The fourth-order valence-corrected chi connectivity index (χ4v) is 6.44. The maximum absolute atomic E-state index is 9.14. The lowest BCUT2D eigenvalue weighted by Crippen LogP contribution is -1.91. The molecule has 200 valence electrons. The van der Waals surface area contributed by atoms with Gasteiger partial charge in [0.25, 0.3) is 0 Å². The Balaban J connectivity index is 1.29. The molecule has 0 aliphatic carbocycles. The second kappa shape index (κ2) is 9.44. The summed E-state index contributed by atoms with van der Waals surface area (Å²) < 4.78 is 67.0. The number of para-hydroxylation sites is 1. The van der Waals surface area contributed by atoms with E-state index < -0.39 is 12.1 Å². The third-order valence-corrected chi connectivity index (χ3v) is 8.38. The van der Waals surface area contributed by atoms with Gasteiger partial charge in [-0.3, -0.25) is 0 Å². The number of hydrogen-bond acceptors (Lipinski definition) is 1. The quantitative estimate of drug-likeness (QED) is 0.198. The minimum atomic E-state index is -0.467. The van der Waals surface area contributed by atoms with Gasteiger partial charge in [0, 0.05) is 10.8 Å². The summed E-state index contributed by atoms with van der Waals surface area (Å²) in [4.78, 5) is 0. The van der Waals surface area contributed by atoms with Gasteiger partial charge in [-0.15, -0.1) is 0 Å². The Bertz CT molecular complexity index is 2830. The zero-order valence-electron chi connectivity index (χ0n) is 29.9.